The molecule has 1 aromatic rings. The lowest BCUT2D eigenvalue weighted by Crippen LogP contribution is -2.46. The smallest absolute Gasteiger partial charge is 0.321 e. The highest BCUT2D eigenvalue weighted by Gasteiger charge is 2.20. The SMILES string of the molecule is O=C1NCCCN1c1ccncc1Br. The van der Waals surface area contributed by atoms with Crippen molar-refractivity contribution in [3.8, 4) is 0 Å². The molecule has 0 aromatic carbocycles. The summed E-state index contributed by atoms with van der Waals surface area (Å²) >= 11 is 3.38. The van der Waals surface area contributed by atoms with Gasteiger partial charge in [-0.15, -0.1) is 0 Å². The normalized spacial score (nSPS) is 16.6. The standard InChI is InChI=1S/C9H10BrN3O/c10-7-6-11-4-2-8(7)13-5-1-3-12-9(13)14/h2,4,6H,1,3,5H2,(H,12,14). The quantitative estimate of drug-likeness (QED) is 0.832. The van der Waals surface area contributed by atoms with E-state index in [1.807, 2.05) is 6.07 Å². The van der Waals surface area contributed by atoms with E-state index in [-0.39, 0.29) is 6.03 Å². The molecule has 0 unspecified atom stereocenters. The maximum Gasteiger partial charge on any atom is 0.321 e. The number of halogens is 1. The molecule has 1 saturated heterocycles. The third-order valence-electron chi connectivity index (χ3n) is 2.12. The lowest BCUT2D eigenvalue weighted by Gasteiger charge is -2.27. The number of urea groups is 1. The topological polar surface area (TPSA) is 45.2 Å². The van der Waals surface area contributed by atoms with Crippen LogP contribution in [0.5, 0.6) is 0 Å². The fourth-order valence-electron chi connectivity index (χ4n) is 1.45. The second kappa shape index (κ2) is 3.96. The van der Waals surface area contributed by atoms with E-state index >= 15 is 0 Å². The van der Waals surface area contributed by atoms with Crippen LogP contribution in [0.3, 0.4) is 0 Å². The molecule has 0 spiro atoms. The first kappa shape index (κ1) is 9.45. The molecule has 4 nitrogen and oxygen atoms in total. The van der Waals surface area contributed by atoms with E-state index in [0.717, 1.165) is 29.7 Å². The van der Waals surface area contributed by atoms with E-state index in [9.17, 15) is 4.79 Å². The highest BCUT2D eigenvalue weighted by atomic mass is 79.9. The van der Waals surface area contributed by atoms with Crippen LogP contribution in [0, 0.1) is 0 Å². The Bertz CT molecular complexity index is 356. The van der Waals surface area contributed by atoms with Crippen molar-refractivity contribution in [1.29, 1.82) is 0 Å². The number of hydrogen-bond acceptors (Lipinski definition) is 2. The number of hydrogen-bond donors (Lipinski definition) is 1. The second-order valence-electron chi connectivity index (χ2n) is 3.06. The van der Waals surface area contributed by atoms with Gasteiger partial charge in [0, 0.05) is 25.5 Å². The molecule has 5 heteroatoms. The van der Waals surface area contributed by atoms with Crippen molar-refractivity contribution in [3.05, 3.63) is 22.9 Å². The number of pyridine rings is 1. The van der Waals surface area contributed by atoms with Crippen LogP contribution in [0.25, 0.3) is 0 Å². The van der Waals surface area contributed by atoms with Crippen LogP contribution in [-0.2, 0) is 0 Å². The Morgan fingerprint density at radius 3 is 3.14 bits per heavy atom. The molecule has 2 amide bonds. The number of carbonyl (C=O) groups is 1. The van der Waals surface area contributed by atoms with Crippen molar-refractivity contribution in [3.63, 3.8) is 0 Å². The third kappa shape index (κ3) is 1.72. The fourth-order valence-corrected chi connectivity index (χ4v) is 1.91. The molecule has 2 heterocycles. The number of amides is 2. The fraction of sp³-hybridized carbons (Fsp3) is 0.333. The van der Waals surface area contributed by atoms with Crippen LogP contribution in [0.2, 0.25) is 0 Å². The van der Waals surface area contributed by atoms with Crippen LogP contribution in [0.4, 0.5) is 10.5 Å². The zero-order valence-electron chi connectivity index (χ0n) is 7.53. The predicted molar refractivity (Wildman–Crippen MR) is 57.3 cm³/mol. The molecule has 0 radical (unpaired) electrons. The van der Waals surface area contributed by atoms with Gasteiger partial charge in [0.15, 0.2) is 0 Å². The Hall–Kier alpha value is -1.10. The summed E-state index contributed by atoms with van der Waals surface area (Å²) in [5.74, 6) is 0. The van der Waals surface area contributed by atoms with Gasteiger partial charge in [0.1, 0.15) is 0 Å². The van der Waals surface area contributed by atoms with Gasteiger partial charge in [0.2, 0.25) is 0 Å². The maximum absolute atomic E-state index is 11.5. The van der Waals surface area contributed by atoms with Crippen LogP contribution in [0.15, 0.2) is 22.9 Å². The Kier molecular flexibility index (Phi) is 2.67. The molecule has 1 aliphatic rings. The van der Waals surface area contributed by atoms with Crippen LogP contribution >= 0.6 is 15.9 Å². The van der Waals surface area contributed by atoms with Crippen LogP contribution < -0.4 is 10.2 Å². The molecule has 14 heavy (non-hydrogen) atoms. The zero-order chi connectivity index (χ0) is 9.97. The summed E-state index contributed by atoms with van der Waals surface area (Å²) in [4.78, 5) is 17.2. The molecule has 0 bridgehead atoms. The minimum Gasteiger partial charge on any atom is -0.338 e. The Morgan fingerprint density at radius 2 is 2.43 bits per heavy atom. The second-order valence-corrected chi connectivity index (χ2v) is 3.92. The number of carbonyl (C=O) groups excluding carboxylic acids is 1. The van der Waals surface area contributed by atoms with E-state index in [0.29, 0.717) is 0 Å². The van der Waals surface area contributed by atoms with E-state index in [4.69, 9.17) is 0 Å². The first-order chi connectivity index (χ1) is 6.79. The minimum atomic E-state index is -0.0387. The molecule has 0 atom stereocenters. The van der Waals surface area contributed by atoms with Crippen molar-refractivity contribution in [2.75, 3.05) is 18.0 Å². The summed E-state index contributed by atoms with van der Waals surface area (Å²) in [7, 11) is 0. The molecule has 1 N–H and O–H groups in total. The Labute approximate surface area is 90.4 Å². The molecule has 74 valence electrons. The van der Waals surface area contributed by atoms with Gasteiger partial charge in [-0.25, -0.2) is 4.79 Å². The highest BCUT2D eigenvalue weighted by molar-refractivity contribution is 9.10. The molecule has 0 aliphatic carbocycles. The summed E-state index contributed by atoms with van der Waals surface area (Å²) in [6, 6.07) is 1.79. The molecular weight excluding hydrogens is 246 g/mol. The number of rotatable bonds is 1. The van der Waals surface area contributed by atoms with E-state index < -0.39 is 0 Å². The van der Waals surface area contributed by atoms with Gasteiger partial charge in [-0.2, -0.15) is 0 Å². The van der Waals surface area contributed by atoms with Crippen LogP contribution in [0.1, 0.15) is 6.42 Å². The number of nitrogens with one attached hydrogen (secondary N) is 1. The summed E-state index contributed by atoms with van der Waals surface area (Å²) in [6.07, 6.45) is 4.35. The number of aromatic nitrogens is 1. The zero-order valence-corrected chi connectivity index (χ0v) is 9.12. The predicted octanol–water partition coefficient (Wildman–Crippen LogP) is 1.76. The Morgan fingerprint density at radius 1 is 1.57 bits per heavy atom. The lowest BCUT2D eigenvalue weighted by molar-refractivity contribution is 0.243. The summed E-state index contributed by atoms with van der Waals surface area (Å²) in [5.41, 5.74) is 0.872. The molecule has 1 aliphatic heterocycles. The number of anilines is 1. The van der Waals surface area contributed by atoms with Gasteiger partial charge in [0.25, 0.3) is 0 Å². The largest absolute Gasteiger partial charge is 0.338 e. The molecule has 2 rings (SSSR count). The van der Waals surface area contributed by atoms with Gasteiger partial charge >= 0.3 is 6.03 Å². The van der Waals surface area contributed by atoms with Crippen molar-refractivity contribution < 1.29 is 4.79 Å². The lowest BCUT2D eigenvalue weighted by atomic mass is 10.3. The maximum atomic E-state index is 11.5. The monoisotopic (exact) mass is 255 g/mol. The van der Waals surface area contributed by atoms with Gasteiger partial charge in [-0.1, -0.05) is 0 Å². The van der Waals surface area contributed by atoms with Crippen molar-refractivity contribution in [2.24, 2.45) is 0 Å². The van der Waals surface area contributed by atoms with Gasteiger partial charge in [0.05, 0.1) is 10.2 Å². The molecular formula is C9H10BrN3O. The van der Waals surface area contributed by atoms with Crippen molar-refractivity contribution in [1.82, 2.24) is 10.3 Å². The van der Waals surface area contributed by atoms with E-state index in [1.165, 1.54) is 0 Å². The third-order valence-corrected chi connectivity index (χ3v) is 2.73. The highest BCUT2D eigenvalue weighted by Crippen LogP contribution is 2.25. The van der Waals surface area contributed by atoms with Crippen molar-refractivity contribution >= 4 is 27.6 Å². The first-order valence-corrected chi connectivity index (χ1v) is 5.23. The average Bonchev–Trinajstić information content (AvgIpc) is 2.20. The van der Waals surface area contributed by atoms with E-state index in [2.05, 4.69) is 26.2 Å². The summed E-state index contributed by atoms with van der Waals surface area (Å²) in [5, 5.41) is 2.80. The van der Waals surface area contributed by atoms with Gasteiger partial charge in [-0.3, -0.25) is 9.88 Å². The van der Waals surface area contributed by atoms with Gasteiger partial charge in [-0.05, 0) is 28.4 Å². The van der Waals surface area contributed by atoms with Crippen LogP contribution in [-0.4, -0.2) is 24.1 Å². The average molecular weight is 256 g/mol. The van der Waals surface area contributed by atoms with Crippen molar-refractivity contribution in [2.45, 2.75) is 6.42 Å². The number of nitrogens with zero attached hydrogens (tertiary/aromatic N) is 2. The molecule has 1 fully saturated rings. The summed E-state index contributed by atoms with van der Waals surface area (Å²) < 4.78 is 0.844. The first-order valence-electron chi connectivity index (χ1n) is 4.44. The molecule has 1 aromatic heterocycles. The molecule has 0 saturated carbocycles. The Balaban J connectivity index is 2.29. The minimum absolute atomic E-state index is 0.0387. The van der Waals surface area contributed by atoms with Gasteiger partial charge < -0.3 is 5.32 Å². The summed E-state index contributed by atoms with van der Waals surface area (Å²) in [6.45, 7) is 1.52. The van der Waals surface area contributed by atoms with E-state index in [1.54, 1.807) is 17.3 Å².